The normalized spacial score (nSPS) is 11.5. The molecule has 4 nitrogen and oxygen atoms in total. The third kappa shape index (κ3) is 6.59. The summed E-state index contributed by atoms with van der Waals surface area (Å²) in [5, 5.41) is 0. The predicted molar refractivity (Wildman–Crippen MR) is 81.0 cm³/mol. The van der Waals surface area contributed by atoms with E-state index >= 15 is 0 Å². The number of hydrogen-bond acceptors (Lipinski definition) is 3. The average Bonchev–Trinajstić information content (AvgIpc) is 2.42. The topological polar surface area (TPSA) is 49.4 Å². The molecule has 0 aliphatic rings. The lowest BCUT2D eigenvalue weighted by atomic mass is 10.3. The highest BCUT2D eigenvalue weighted by molar-refractivity contribution is 7.89. The van der Waals surface area contributed by atoms with Crippen LogP contribution in [0.4, 0.5) is 5.69 Å². The summed E-state index contributed by atoms with van der Waals surface area (Å²) >= 11 is 0. The zero-order chi connectivity index (χ0) is 14.1. The van der Waals surface area contributed by atoms with Gasteiger partial charge in [-0.25, -0.2) is 13.1 Å². The SMILES string of the molecule is CCCCS(=O)(=O)NCCCN(C)c1ccccc1. The number of rotatable bonds is 9. The van der Waals surface area contributed by atoms with Gasteiger partial charge in [-0.1, -0.05) is 31.5 Å². The van der Waals surface area contributed by atoms with Gasteiger partial charge in [0.05, 0.1) is 5.75 Å². The van der Waals surface area contributed by atoms with Gasteiger partial charge in [0.25, 0.3) is 0 Å². The molecule has 0 unspecified atom stereocenters. The van der Waals surface area contributed by atoms with Gasteiger partial charge in [-0.15, -0.1) is 0 Å². The summed E-state index contributed by atoms with van der Waals surface area (Å²) < 4.78 is 25.8. The number of sulfonamides is 1. The van der Waals surface area contributed by atoms with E-state index in [4.69, 9.17) is 0 Å². The first-order valence-corrected chi connectivity index (χ1v) is 8.44. The van der Waals surface area contributed by atoms with Gasteiger partial charge in [-0.05, 0) is 25.0 Å². The Labute approximate surface area is 116 Å². The van der Waals surface area contributed by atoms with Gasteiger partial charge >= 0.3 is 0 Å². The zero-order valence-corrected chi connectivity index (χ0v) is 12.6. The lowest BCUT2D eigenvalue weighted by Crippen LogP contribution is -2.30. The molecule has 1 N–H and O–H groups in total. The first kappa shape index (κ1) is 16.0. The van der Waals surface area contributed by atoms with Crippen LogP contribution in [0.15, 0.2) is 30.3 Å². The number of anilines is 1. The fourth-order valence-corrected chi connectivity index (χ4v) is 3.03. The lowest BCUT2D eigenvalue weighted by molar-refractivity contribution is 0.575. The highest BCUT2D eigenvalue weighted by atomic mass is 32.2. The van der Waals surface area contributed by atoms with E-state index in [-0.39, 0.29) is 5.75 Å². The lowest BCUT2D eigenvalue weighted by Gasteiger charge is -2.19. The third-order valence-corrected chi connectivity index (χ3v) is 4.43. The Balaban J connectivity index is 2.24. The second-order valence-corrected chi connectivity index (χ2v) is 6.60. The number of nitrogens with one attached hydrogen (secondary N) is 1. The van der Waals surface area contributed by atoms with E-state index in [9.17, 15) is 8.42 Å². The molecular weight excluding hydrogens is 260 g/mol. The maximum Gasteiger partial charge on any atom is 0.211 e. The molecule has 0 aliphatic heterocycles. The molecule has 0 aliphatic carbocycles. The second kappa shape index (κ2) is 8.17. The van der Waals surface area contributed by atoms with Crippen LogP contribution in [0.25, 0.3) is 0 Å². The van der Waals surface area contributed by atoms with Crippen molar-refractivity contribution in [3.63, 3.8) is 0 Å². The molecule has 1 aromatic carbocycles. The fraction of sp³-hybridized carbons (Fsp3) is 0.571. The standard InChI is InChI=1S/C14H24N2O2S/c1-3-4-13-19(17,18)15-11-8-12-16(2)14-9-6-5-7-10-14/h5-7,9-10,15H,3-4,8,11-13H2,1-2H3. The van der Waals surface area contributed by atoms with Crippen LogP contribution in [0.1, 0.15) is 26.2 Å². The highest BCUT2D eigenvalue weighted by Crippen LogP contribution is 2.10. The fourth-order valence-electron chi connectivity index (χ4n) is 1.76. The van der Waals surface area contributed by atoms with E-state index in [0.29, 0.717) is 6.54 Å². The number of nitrogens with zero attached hydrogens (tertiary/aromatic N) is 1. The summed E-state index contributed by atoms with van der Waals surface area (Å²) in [5.41, 5.74) is 1.15. The number of benzene rings is 1. The molecule has 0 heterocycles. The molecule has 0 spiro atoms. The molecule has 1 aromatic rings. The number of hydrogen-bond donors (Lipinski definition) is 1. The summed E-state index contributed by atoms with van der Waals surface area (Å²) in [5.74, 6) is 0.234. The molecule has 0 radical (unpaired) electrons. The molecule has 0 saturated heterocycles. The van der Waals surface area contributed by atoms with Crippen molar-refractivity contribution < 1.29 is 8.42 Å². The molecule has 0 amide bonds. The Morgan fingerprint density at radius 1 is 1.16 bits per heavy atom. The molecule has 0 fully saturated rings. The summed E-state index contributed by atoms with van der Waals surface area (Å²) in [6, 6.07) is 10.1. The van der Waals surface area contributed by atoms with E-state index in [1.807, 2.05) is 44.3 Å². The van der Waals surface area contributed by atoms with Crippen LogP contribution in [-0.4, -0.2) is 34.3 Å². The van der Waals surface area contributed by atoms with Gasteiger partial charge in [0, 0.05) is 25.8 Å². The van der Waals surface area contributed by atoms with Gasteiger partial charge < -0.3 is 4.90 Å². The molecule has 1 rings (SSSR count). The van der Waals surface area contributed by atoms with Gasteiger partial charge in [0.2, 0.25) is 10.0 Å². The highest BCUT2D eigenvalue weighted by Gasteiger charge is 2.08. The quantitative estimate of drug-likeness (QED) is 0.707. The summed E-state index contributed by atoms with van der Waals surface area (Å²) in [6.45, 7) is 3.33. The Morgan fingerprint density at radius 3 is 2.47 bits per heavy atom. The Hall–Kier alpha value is -1.07. The summed E-state index contributed by atoms with van der Waals surface area (Å²) in [7, 11) is -1.06. The van der Waals surface area contributed by atoms with Crippen molar-refractivity contribution in [2.45, 2.75) is 26.2 Å². The minimum atomic E-state index is -3.07. The van der Waals surface area contributed by atoms with E-state index in [1.165, 1.54) is 0 Å². The van der Waals surface area contributed by atoms with E-state index < -0.39 is 10.0 Å². The minimum absolute atomic E-state index is 0.234. The van der Waals surface area contributed by atoms with E-state index in [0.717, 1.165) is 31.5 Å². The zero-order valence-electron chi connectivity index (χ0n) is 11.8. The summed E-state index contributed by atoms with van der Waals surface area (Å²) in [4.78, 5) is 2.13. The maximum atomic E-state index is 11.6. The summed E-state index contributed by atoms with van der Waals surface area (Å²) in [6.07, 6.45) is 2.42. The van der Waals surface area contributed by atoms with Gasteiger partial charge in [0.1, 0.15) is 0 Å². The average molecular weight is 284 g/mol. The first-order valence-electron chi connectivity index (χ1n) is 6.78. The molecule has 19 heavy (non-hydrogen) atoms. The minimum Gasteiger partial charge on any atom is -0.375 e. The van der Waals surface area contributed by atoms with Crippen LogP contribution in [0, 0.1) is 0 Å². The molecule has 0 bridgehead atoms. The van der Waals surface area contributed by atoms with Crippen LogP contribution in [0.3, 0.4) is 0 Å². The molecular formula is C14H24N2O2S. The van der Waals surface area contributed by atoms with Crippen LogP contribution >= 0.6 is 0 Å². The molecule has 5 heteroatoms. The van der Waals surface area contributed by atoms with Crippen LogP contribution < -0.4 is 9.62 Å². The number of unbranched alkanes of at least 4 members (excludes halogenated alkanes) is 1. The molecule has 108 valence electrons. The maximum absolute atomic E-state index is 11.6. The van der Waals surface area contributed by atoms with E-state index in [1.54, 1.807) is 0 Å². The van der Waals surface area contributed by atoms with Gasteiger partial charge in [-0.2, -0.15) is 0 Å². The largest absolute Gasteiger partial charge is 0.375 e. The smallest absolute Gasteiger partial charge is 0.211 e. The van der Waals surface area contributed by atoms with Crippen LogP contribution in [-0.2, 0) is 10.0 Å². The molecule has 0 atom stereocenters. The van der Waals surface area contributed by atoms with Crippen LogP contribution in [0.5, 0.6) is 0 Å². The molecule has 0 saturated carbocycles. The number of para-hydroxylation sites is 1. The van der Waals surface area contributed by atoms with Gasteiger partial charge in [-0.3, -0.25) is 0 Å². The predicted octanol–water partition coefficient (Wildman–Crippen LogP) is 2.23. The third-order valence-electron chi connectivity index (χ3n) is 2.96. The molecule has 0 aromatic heterocycles. The van der Waals surface area contributed by atoms with Crippen molar-refractivity contribution in [2.75, 3.05) is 30.8 Å². The van der Waals surface area contributed by atoms with Crippen LogP contribution in [0.2, 0.25) is 0 Å². The Morgan fingerprint density at radius 2 is 1.84 bits per heavy atom. The Bertz CT molecular complexity index is 446. The van der Waals surface area contributed by atoms with Crippen molar-refractivity contribution in [2.24, 2.45) is 0 Å². The monoisotopic (exact) mass is 284 g/mol. The second-order valence-electron chi connectivity index (χ2n) is 4.68. The van der Waals surface area contributed by atoms with Crippen molar-refractivity contribution in [1.82, 2.24) is 4.72 Å². The van der Waals surface area contributed by atoms with Crippen molar-refractivity contribution in [3.05, 3.63) is 30.3 Å². The van der Waals surface area contributed by atoms with Crippen molar-refractivity contribution >= 4 is 15.7 Å². The van der Waals surface area contributed by atoms with Crippen molar-refractivity contribution in [1.29, 1.82) is 0 Å². The van der Waals surface area contributed by atoms with Gasteiger partial charge in [0.15, 0.2) is 0 Å². The Kier molecular flexibility index (Phi) is 6.87. The van der Waals surface area contributed by atoms with E-state index in [2.05, 4.69) is 9.62 Å². The first-order chi connectivity index (χ1) is 9.05. The van der Waals surface area contributed by atoms with Crippen molar-refractivity contribution in [3.8, 4) is 0 Å².